The lowest BCUT2D eigenvalue weighted by molar-refractivity contribution is -0.203. The lowest BCUT2D eigenvalue weighted by Crippen LogP contribution is -2.64. The lowest BCUT2D eigenvalue weighted by atomic mass is 10.0. The highest BCUT2D eigenvalue weighted by atomic mass is 19.4. The molecule has 1 atom stereocenters. The summed E-state index contributed by atoms with van der Waals surface area (Å²) in [4.78, 5) is 27.8. The van der Waals surface area contributed by atoms with Gasteiger partial charge in [0, 0.05) is 25.5 Å². The van der Waals surface area contributed by atoms with E-state index >= 15 is 0 Å². The van der Waals surface area contributed by atoms with Gasteiger partial charge in [-0.25, -0.2) is 14.6 Å². The number of halogens is 3. The van der Waals surface area contributed by atoms with Crippen LogP contribution in [0.2, 0.25) is 0 Å². The molecule has 1 aromatic rings. The van der Waals surface area contributed by atoms with Gasteiger partial charge in [0.2, 0.25) is 5.54 Å². The Balaban J connectivity index is 2.13. The van der Waals surface area contributed by atoms with E-state index in [0.29, 0.717) is 19.3 Å². The summed E-state index contributed by atoms with van der Waals surface area (Å²) in [5, 5.41) is 10.3. The first-order valence-electron chi connectivity index (χ1n) is 6.02. The third-order valence-corrected chi connectivity index (χ3v) is 3.38. The normalized spacial score (nSPS) is 17.8. The van der Waals surface area contributed by atoms with Gasteiger partial charge in [0.1, 0.15) is 5.82 Å². The number of carbonyl (C=O) groups is 2. The number of nitrogens with one attached hydrogen (secondary N) is 1. The molecule has 0 aliphatic carbocycles. The van der Waals surface area contributed by atoms with Crippen molar-refractivity contribution in [3.8, 4) is 0 Å². The molecule has 2 amide bonds. The molecule has 116 valence electrons. The van der Waals surface area contributed by atoms with Gasteiger partial charge in [-0.3, -0.25) is 0 Å². The molecule has 1 aromatic heterocycles. The number of imidazole rings is 1. The summed E-state index contributed by atoms with van der Waals surface area (Å²) >= 11 is 0. The van der Waals surface area contributed by atoms with Crippen molar-refractivity contribution in [1.29, 1.82) is 0 Å². The fourth-order valence-corrected chi connectivity index (χ4v) is 1.89. The first kappa shape index (κ1) is 15.1. The molecule has 10 heteroatoms. The van der Waals surface area contributed by atoms with Gasteiger partial charge in [-0.2, -0.15) is 13.2 Å². The minimum Gasteiger partial charge on any atom is -0.479 e. The van der Waals surface area contributed by atoms with Crippen LogP contribution in [0.25, 0.3) is 0 Å². The number of amides is 2. The van der Waals surface area contributed by atoms with Crippen molar-refractivity contribution in [2.75, 3.05) is 6.54 Å². The second-order valence-corrected chi connectivity index (χ2v) is 4.82. The van der Waals surface area contributed by atoms with Crippen LogP contribution in [0, 0.1) is 0 Å². The van der Waals surface area contributed by atoms with Crippen LogP contribution in [0.15, 0.2) is 12.4 Å². The predicted octanol–water partition coefficient (Wildman–Crippen LogP) is 0.814. The maximum absolute atomic E-state index is 12.8. The molecule has 0 aromatic carbocycles. The molecule has 2 heterocycles. The van der Waals surface area contributed by atoms with Crippen LogP contribution in [0.5, 0.6) is 0 Å². The number of aromatic nitrogens is 2. The Morgan fingerprint density at radius 2 is 2.05 bits per heavy atom. The molecule has 2 N–H and O–H groups in total. The highest BCUT2D eigenvalue weighted by molar-refractivity contribution is 5.86. The molecule has 2 rings (SSSR count). The highest BCUT2D eigenvalue weighted by Crippen LogP contribution is 2.30. The standard InChI is InChI=1S/C11H13F3N4O3/c1-10(8(19)20,11(12,13)14)16-9(21)18-5-4-17-3-2-15-7(17)6-18/h2-3H,4-6H2,1H3,(H,16,21)(H,19,20). The summed E-state index contributed by atoms with van der Waals surface area (Å²) in [7, 11) is 0. The first-order valence-corrected chi connectivity index (χ1v) is 6.02. The van der Waals surface area contributed by atoms with Crippen LogP contribution in [0.1, 0.15) is 12.7 Å². The number of urea groups is 1. The molecule has 0 fully saturated rings. The molecule has 0 bridgehead atoms. The SMILES string of the molecule is CC(NC(=O)N1CCn2ccnc2C1)(C(=O)O)C(F)(F)F. The topological polar surface area (TPSA) is 87.5 Å². The van der Waals surface area contributed by atoms with E-state index < -0.39 is 23.7 Å². The zero-order valence-electron chi connectivity index (χ0n) is 11.0. The van der Waals surface area contributed by atoms with Crippen LogP contribution in [-0.2, 0) is 17.9 Å². The largest absolute Gasteiger partial charge is 0.479 e. The minimum atomic E-state index is -5.11. The van der Waals surface area contributed by atoms with Crippen LogP contribution in [-0.4, -0.2) is 49.8 Å². The lowest BCUT2D eigenvalue weighted by Gasteiger charge is -2.33. The third kappa shape index (κ3) is 2.65. The van der Waals surface area contributed by atoms with Crippen molar-refractivity contribution >= 4 is 12.0 Å². The summed E-state index contributed by atoms with van der Waals surface area (Å²) in [5.41, 5.74) is -3.34. The van der Waals surface area contributed by atoms with Crippen molar-refractivity contribution in [3.05, 3.63) is 18.2 Å². The second-order valence-electron chi connectivity index (χ2n) is 4.82. The Kier molecular flexibility index (Phi) is 3.56. The number of rotatable bonds is 2. The Labute approximate surface area is 117 Å². The Bertz CT molecular complexity index is 571. The molecule has 0 radical (unpaired) electrons. The number of carbonyl (C=O) groups excluding carboxylic acids is 1. The van der Waals surface area contributed by atoms with E-state index in [1.165, 1.54) is 6.20 Å². The zero-order valence-corrected chi connectivity index (χ0v) is 11.0. The average molecular weight is 306 g/mol. The minimum absolute atomic E-state index is 0.0202. The van der Waals surface area contributed by atoms with Gasteiger partial charge in [-0.1, -0.05) is 0 Å². The molecule has 0 spiro atoms. The first-order chi connectivity index (χ1) is 9.65. The summed E-state index contributed by atoms with van der Waals surface area (Å²) in [6.45, 7) is 0.992. The van der Waals surface area contributed by atoms with Gasteiger partial charge in [0.05, 0.1) is 6.54 Å². The number of hydrogen-bond donors (Lipinski definition) is 2. The summed E-state index contributed by atoms with van der Waals surface area (Å²) in [6, 6.07) is -1.09. The van der Waals surface area contributed by atoms with Crippen LogP contribution >= 0.6 is 0 Å². The van der Waals surface area contributed by atoms with Gasteiger partial charge < -0.3 is 19.9 Å². The van der Waals surface area contributed by atoms with Gasteiger partial charge >= 0.3 is 18.2 Å². The van der Waals surface area contributed by atoms with E-state index in [9.17, 15) is 22.8 Å². The van der Waals surface area contributed by atoms with E-state index in [1.807, 2.05) is 0 Å². The summed E-state index contributed by atoms with van der Waals surface area (Å²) < 4.78 is 40.3. The number of nitrogens with zero attached hydrogens (tertiary/aromatic N) is 3. The monoisotopic (exact) mass is 306 g/mol. The molecule has 21 heavy (non-hydrogen) atoms. The van der Waals surface area contributed by atoms with Crippen molar-refractivity contribution < 1.29 is 27.9 Å². The van der Waals surface area contributed by atoms with Crippen molar-refractivity contribution in [1.82, 2.24) is 19.8 Å². The Morgan fingerprint density at radius 3 is 2.62 bits per heavy atom. The van der Waals surface area contributed by atoms with E-state index in [4.69, 9.17) is 5.11 Å². The zero-order chi connectivity index (χ0) is 15.8. The predicted molar refractivity (Wildman–Crippen MR) is 63.3 cm³/mol. The quantitative estimate of drug-likeness (QED) is 0.846. The molecule has 1 aliphatic heterocycles. The molecular weight excluding hydrogens is 293 g/mol. The molecule has 1 aliphatic rings. The number of carboxylic acids is 1. The average Bonchev–Trinajstić information content (AvgIpc) is 2.83. The van der Waals surface area contributed by atoms with Crippen molar-refractivity contribution in [2.24, 2.45) is 0 Å². The molecule has 1 unspecified atom stereocenters. The van der Waals surface area contributed by atoms with E-state index in [1.54, 1.807) is 16.1 Å². The number of alkyl halides is 3. The third-order valence-electron chi connectivity index (χ3n) is 3.38. The summed E-state index contributed by atoms with van der Waals surface area (Å²) in [5.74, 6) is -1.64. The van der Waals surface area contributed by atoms with Gasteiger partial charge in [-0.05, 0) is 6.92 Å². The van der Waals surface area contributed by atoms with Gasteiger partial charge in [0.25, 0.3) is 0 Å². The van der Waals surface area contributed by atoms with Crippen LogP contribution < -0.4 is 5.32 Å². The van der Waals surface area contributed by atoms with Crippen LogP contribution in [0.4, 0.5) is 18.0 Å². The fraction of sp³-hybridized carbons (Fsp3) is 0.545. The maximum Gasteiger partial charge on any atom is 0.422 e. The van der Waals surface area contributed by atoms with Crippen molar-refractivity contribution in [3.63, 3.8) is 0 Å². The second kappa shape index (κ2) is 4.93. The number of aliphatic carboxylic acids is 1. The molecular formula is C11H13F3N4O3. The molecule has 7 nitrogen and oxygen atoms in total. The summed E-state index contributed by atoms with van der Waals surface area (Å²) in [6.07, 6.45) is -1.89. The van der Waals surface area contributed by atoms with Crippen molar-refractivity contribution in [2.45, 2.75) is 31.7 Å². The highest BCUT2D eigenvalue weighted by Gasteiger charge is 2.58. The van der Waals surface area contributed by atoms with E-state index in [2.05, 4.69) is 4.98 Å². The molecule has 0 saturated heterocycles. The Hall–Kier alpha value is -2.26. The maximum atomic E-state index is 12.8. The van der Waals surface area contributed by atoms with Gasteiger partial charge in [-0.15, -0.1) is 0 Å². The van der Waals surface area contributed by atoms with Gasteiger partial charge in [0.15, 0.2) is 0 Å². The Morgan fingerprint density at radius 1 is 1.38 bits per heavy atom. The van der Waals surface area contributed by atoms with Crippen LogP contribution in [0.3, 0.4) is 0 Å². The van der Waals surface area contributed by atoms with E-state index in [0.717, 1.165) is 4.90 Å². The smallest absolute Gasteiger partial charge is 0.422 e. The number of hydrogen-bond acceptors (Lipinski definition) is 3. The number of carboxylic acid groups (broad SMARTS) is 1. The number of fused-ring (bicyclic) bond motifs is 1. The van der Waals surface area contributed by atoms with E-state index in [-0.39, 0.29) is 13.1 Å². The molecule has 0 saturated carbocycles. The fourth-order valence-electron chi connectivity index (χ4n) is 1.89.